The van der Waals surface area contributed by atoms with Crippen LogP contribution in [0.3, 0.4) is 0 Å². The van der Waals surface area contributed by atoms with Crippen LogP contribution < -0.4 is 0 Å². The van der Waals surface area contributed by atoms with Crippen molar-refractivity contribution in [2.24, 2.45) is 0 Å². The topological polar surface area (TPSA) is 124 Å². The molecule has 0 aliphatic carbocycles. The fourth-order valence-corrected chi connectivity index (χ4v) is 3.08. The molecule has 1 aliphatic heterocycles. The Bertz CT molecular complexity index is 778. The number of hydrogen-bond acceptors (Lipinski definition) is 10. The average Bonchev–Trinajstić information content (AvgIpc) is 2.67. The van der Waals surface area contributed by atoms with Crippen LogP contribution in [0.15, 0.2) is 30.3 Å². The zero-order valence-corrected chi connectivity index (χ0v) is 17.8. The molecular weight excluding hydrogens is 412 g/mol. The van der Waals surface area contributed by atoms with Gasteiger partial charge in [0.1, 0.15) is 18.8 Å². The number of ether oxygens (including phenoxy) is 6. The van der Waals surface area contributed by atoms with Crippen LogP contribution in [0.25, 0.3) is 0 Å². The Morgan fingerprint density at radius 1 is 0.774 bits per heavy atom. The summed E-state index contributed by atoms with van der Waals surface area (Å²) in [5.41, 5.74) is 0.821. The molecule has 0 spiro atoms. The summed E-state index contributed by atoms with van der Waals surface area (Å²) in [6.07, 6.45) is -5.86. The molecular formula is C21H26O10. The minimum absolute atomic E-state index is 0.105. The lowest BCUT2D eigenvalue weighted by Crippen LogP contribution is -2.62. The molecule has 0 amide bonds. The Labute approximate surface area is 179 Å². The van der Waals surface area contributed by atoms with Gasteiger partial charge in [-0.15, -0.1) is 0 Å². The summed E-state index contributed by atoms with van der Waals surface area (Å²) in [5.74, 6) is -2.66. The molecule has 1 aromatic carbocycles. The van der Waals surface area contributed by atoms with E-state index in [-0.39, 0.29) is 13.2 Å². The third kappa shape index (κ3) is 7.65. The van der Waals surface area contributed by atoms with Crippen LogP contribution in [-0.2, 0) is 54.2 Å². The van der Waals surface area contributed by atoms with E-state index in [1.807, 2.05) is 30.3 Å². The maximum atomic E-state index is 11.8. The van der Waals surface area contributed by atoms with Gasteiger partial charge in [-0.05, 0) is 5.56 Å². The lowest BCUT2D eigenvalue weighted by atomic mass is 9.98. The zero-order chi connectivity index (χ0) is 23.0. The van der Waals surface area contributed by atoms with Crippen LogP contribution in [0.4, 0.5) is 0 Å². The molecule has 0 aromatic heterocycles. The van der Waals surface area contributed by atoms with E-state index in [9.17, 15) is 19.2 Å². The van der Waals surface area contributed by atoms with Gasteiger partial charge in [0.25, 0.3) is 0 Å². The summed E-state index contributed by atoms with van der Waals surface area (Å²) in [6.45, 7) is 4.54. The molecule has 31 heavy (non-hydrogen) atoms. The molecule has 1 heterocycles. The monoisotopic (exact) mass is 438 g/mol. The van der Waals surface area contributed by atoms with Crippen LogP contribution in [0, 0.1) is 0 Å². The molecule has 0 N–H and O–H groups in total. The van der Waals surface area contributed by atoms with Crippen LogP contribution in [0.2, 0.25) is 0 Å². The third-order valence-electron chi connectivity index (χ3n) is 4.21. The van der Waals surface area contributed by atoms with Crippen molar-refractivity contribution in [1.29, 1.82) is 0 Å². The van der Waals surface area contributed by atoms with Crippen LogP contribution in [0.1, 0.15) is 33.3 Å². The van der Waals surface area contributed by atoms with E-state index in [0.29, 0.717) is 0 Å². The number of rotatable bonds is 8. The molecule has 10 nitrogen and oxygen atoms in total. The van der Waals surface area contributed by atoms with Crippen molar-refractivity contribution in [3.63, 3.8) is 0 Å². The van der Waals surface area contributed by atoms with Gasteiger partial charge in [-0.1, -0.05) is 30.3 Å². The smallest absolute Gasteiger partial charge is 0.305 e. The maximum absolute atomic E-state index is 11.8. The highest BCUT2D eigenvalue weighted by Crippen LogP contribution is 2.30. The third-order valence-corrected chi connectivity index (χ3v) is 4.21. The highest BCUT2D eigenvalue weighted by Gasteiger charge is 2.52. The first kappa shape index (κ1) is 24.3. The van der Waals surface area contributed by atoms with Crippen LogP contribution in [0.5, 0.6) is 0 Å². The minimum Gasteiger partial charge on any atom is -0.463 e. The molecule has 5 atom stereocenters. The van der Waals surface area contributed by atoms with Gasteiger partial charge in [0.2, 0.25) is 12.4 Å². The zero-order valence-electron chi connectivity index (χ0n) is 17.8. The van der Waals surface area contributed by atoms with E-state index >= 15 is 0 Å². The number of hydrogen-bond donors (Lipinski definition) is 0. The molecule has 1 saturated heterocycles. The van der Waals surface area contributed by atoms with Crippen molar-refractivity contribution >= 4 is 23.9 Å². The molecule has 170 valence electrons. The Balaban J connectivity index is 2.37. The second kappa shape index (κ2) is 11.4. The van der Waals surface area contributed by atoms with Gasteiger partial charge in [0.05, 0.1) is 6.61 Å². The van der Waals surface area contributed by atoms with Crippen LogP contribution >= 0.6 is 0 Å². The first-order valence-electron chi connectivity index (χ1n) is 9.63. The highest BCUT2D eigenvalue weighted by molar-refractivity contribution is 5.68. The molecule has 1 aliphatic rings. The molecule has 0 unspecified atom stereocenters. The fourth-order valence-electron chi connectivity index (χ4n) is 3.08. The predicted octanol–water partition coefficient (Wildman–Crippen LogP) is 1.29. The summed E-state index contributed by atoms with van der Waals surface area (Å²) >= 11 is 0. The quantitative estimate of drug-likeness (QED) is 0.433. The minimum atomic E-state index is -1.40. The first-order valence-corrected chi connectivity index (χ1v) is 9.63. The normalized spacial score (nSPS) is 25.2. The molecule has 1 fully saturated rings. The van der Waals surface area contributed by atoms with E-state index < -0.39 is 54.6 Å². The van der Waals surface area contributed by atoms with Gasteiger partial charge in [-0.25, -0.2) is 0 Å². The van der Waals surface area contributed by atoms with Gasteiger partial charge in [0, 0.05) is 27.7 Å². The number of esters is 4. The standard InChI is InChI=1S/C21H26O10/c1-12(22)26-11-17-18(27-10-16-8-6-5-7-9-16)19(28-13(2)23)20(29-14(3)24)21(31-17)30-15(4)25/h5-9,17-21H,10-11H2,1-4H3/t17-,18+,19-,20-,21-/m0/s1. The van der Waals surface area contributed by atoms with Gasteiger partial charge in [0.15, 0.2) is 6.10 Å². The van der Waals surface area contributed by atoms with Crippen molar-refractivity contribution in [3.8, 4) is 0 Å². The first-order chi connectivity index (χ1) is 14.7. The van der Waals surface area contributed by atoms with E-state index in [0.717, 1.165) is 19.4 Å². The summed E-state index contributed by atoms with van der Waals surface area (Å²) in [4.78, 5) is 46.4. The predicted molar refractivity (Wildman–Crippen MR) is 103 cm³/mol. The molecule has 0 saturated carbocycles. The maximum Gasteiger partial charge on any atom is 0.305 e. The Kier molecular flexibility index (Phi) is 8.95. The largest absolute Gasteiger partial charge is 0.463 e. The Morgan fingerprint density at radius 3 is 1.90 bits per heavy atom. The second-order valence-corrected chi connectivity index (χ2v) is 6.86. The van der Waals surface area contributed by atoms with Gasteiger partial charge < -0.3 is 28.4 Å². The van der Waals surface area contributed by atoms with E-state index in [4.69, 9.17) is 28.4 Å². The molecule has 0 radical (unpaired) electrons. The van der Waals surface area contributed by atoms with Gasteiger partial charge in [-0.2, -0.15) is 0 Å². The van der Waals surface area contributed by atoms with Gasteiger partial charge >= 0.3 is 23.9 Å². The lowest BCUT2D eigenvalue weighted by Gasteiger charge is -2.44. The number of carbonyl (C=O) groups is 4. The summed E-state index contributed by atoms with van der Waals surface area (Å²) in [7, 11) is 0. The van der Waals surface area contributed by atoms with E-state index in [1.54, 1.807) is 0 Å². The summed E-state index contributed by atoms with van der Waals surface area (Å²) in [5, 5.41) is 0. The van der Waals surface area contributed by atoms with Crippen molar-refractivity contribution in [2.45, 2.75) is 65.0 Å². The van der Waals surface area contributed by atoms with Crippen molar-refractivity contribution in [3.05, 3.63) is 35.9 Å². The van der Waals surface area contributed by atoms with Crippen molar-refractivity contribution < 1.29 is 47.6 Å². The lowest BCUT2D eigenvalue weighted by molar-refractivity contribution is -0.305. The highest BCUT2D eigenvalue weighted by atomic mass is 16.7. The summed E-state index contributed by atoms with van der Waals surface area (Å²) < 4.78 is 32.6. The fraction of sp³-hybridized carbons (Fsp3) is 0.524. The summed E-state index contributed by atoms with van der Waals surface area (Å²) in [6, 6.07) is 9.16. The van der Waals surface area contributed by atoms with Crippen molar-refractivity contribution in [1.82, 2.24) is 0 Å². The number of carbonyl (C=O) groups excluding carboxylic acids is 4. The van der Waals surface area contributed by atoms with Gasteiger partial charge in [-0.3, -0.25) is 19.2 Å². The van der Waals surface area contributed by atoms with Crippen molar-refractivity contribution in [2.75, 3.05) is 6.61 Å². The van der Waals surface area contributed by atoms with Crippen LogP contribution in [-0.4, -0.2) is 61.2 Å². The molecule has 2 rings (SSSR count). The Hall–Kier alpha value is -2.98. The van der Waals surface area contributed by atoms with E-state index in [1.165, 1.54) is 13.8 Å². The Morgan fingerprint density at radius 2 is 1.35 bits per heavy atom. The SMILES string of the molecule is CC(=O)OC[C@@H]1O[C@H](OC(C)=O)[C@@H](OC(C)=O)[C@@H](OC(C)=O)[C@@H]1OCc1ccccc1. The average molecular weight is 438 g/mol. The van der Waals surface area contributed by atoms with E-state index in [2.05, 4.69) is 0 Å². The molecule has 10 heteroatoms. The molecule has 0 bridgehead atoms. The molecule has 1 aromatic rings. The second-order valence-electron chi connectivity index (χ2n) is 6.86. The number of benzene rings is 1.